The van der Waals surface area contributed by atoms with E-state index < -0.39 is 11.9 Å². The molecule has 0 saturated carbocycles. The molecule has 8 aromatic heterocycles. The zero-order valence-electron chi connectivity index (χ0n) is 64.2. The molecule has 15 aromatic rings. The third kappa shape index (κ3) is 16.6. The number of pyridine rings is 4. The number of carbonyl (C=O) groups excluding carboxylic acids is 5. The van der Waals surface area contributed by atoms with Gasteiger partial charge in [0.2, 0.25) is 0 Å². The van der Waals surface area contributed by atoms with E-state index in [0.717, 1.165) is 124 Å². The highest BCUT2D eigenvalue weighted by molar-refractivity contribution is 6.62. The van der Waals surface area contributed by atoms with Crippen molar-refractivity contribution >= 4 is 145 Å². The minimum atomic E-state index is -0.956. The zero-order valence-corrected chi connectivity index (χ0v) is 65.7. The number of halogens is 2. The van der Waals surface area contributed by atoms with Crippen LogP contribution < -0.4 is 42.7 Å². The molecule has 19 rings (SSSR count). The van der Waals surface area contributed by atoms with Crippen LogP contribution in [0.2, 0.25) is 10.3 Å². The number of rotatable bonds is 15. The van der Waals surface area contributed by atoms with Crippen LogP contribution in [0.25, 0.3) is 45.1 Å². The lowest BCUT2D eigenvalue weighted by Crippen LogP contribution is -2.41. The highest BCUT2D eigenvalue weighted by Gasteiger charge is 2.52. The SMILES string of the molecule is CC(=O)c1ccc(Nc2ccc(-c3ccc4c(c3)CNC4=O)n3ccnc23)cc1.CC1(C)OB(c2ccc3c(c2)CNC3=O)OC1(C)C.COC(=O)c1ccc(Nc2ccc(Cl)n3ccnc23)cc1.O=C(O)c1ccc(Nc2ccc(-c3ccc4c(c3)CNC4=O)n3ccnc23)cc1.O=C(O)c1ccc(Nc2ccc(Cl)n3ccnc23)cc1. The molecule has 0 spiro atoms. The zero-order chi connectivity index (χ0) is 82.7. The number of carbonyl (C=O) groups is 7. The molecular formula is C88H74BCl2N15O12. The minimum Gasteiger partial charge on any atom is -0.478 e. The molecule has 590 valence electrons. The number of hydrogen-bond acceptors (Lipinski definition) is 18. The number of nitrogens with zero attached hydrogens (tertiary/aromatic N) is 8. The monoisotopic (exact) mass is 1610 g/mol. The van der Waals surface area contributed by atoms with Crippen LogP contribution in [0.5, 0.6) is 0 Å². The van der Waals surface area contributed by atoms with Crippen LogP contribution in [0.4, 0.5) is 45.5 Å². The second kappa shape index (κ2) is 33.2. The van der Waals surface area contributed by atoms with Crippen LogP contribution in [-0.4, -0.2) is 115 Å². The number of fused-ring (bicyclic) bond motifs is 7. The molecule has 1 fully saturated rings. The van der Waals surface area contributed by atoms with E-state index in [9.17, 15) is 33.6 Å². The van der Waals surface area contributed by atoms with Crippen molar-refractivity contribution < 1.29 is 57.8 Å². The summed E-state index contributed by atoms with van der Waals surface area (Å²) in [5.74, 6) is -2.27. The molecule has 0 radical (unpaired) electrons. The highest BCUT2D eigenvalue weighted by atomic mass is 35.5. The number of nitrogens with one attached hydrogen (secondary N) is 7. The Morgan fingerprint density at radius 2 is 0.746 bits per heavy atom. The number of aromatic carboxylic acids is 2. The first-order valence-corrected chi connectivity index (χ1v) is 37.9. The van der Waals surface area contributed by atoms with E-state index in [1.54, 1.807) is 138 Å². The first-order valence-electron chi connectivity index (χ1n) is 37.1. The van der Waals surface area contributed by atoms with Gasteiger partial charge in [0.15, 0.2) is 28.4 Å². The molecule has 27 nitrogen and oxygen atoms in total. The van der Waals surface area contributed by atoms with E-state index in [-0.39, 0.29) is 58.9 Å². The van der Waals surface area contributed by atoms with Gasteiger partial charge in [0, 0.05) is 114 Å². The number of ether oxygens (including phenoxy) is 1. The molecule has 1 saturated heterocycles. The van der Waals surface area contributed by atoms with Gasteiger partial charge in [-0.3, -0.25) is 36.8 Å². The van der Waals surface area contributed by atoms with Gasteiger partial charge in [0.05, 0.1) is 69.1 Å². The number of anilines is 8. The minimum absolute atomic E-state index is 0.00420. The molecule has 7 aromatic carbocycles. The lowest BCUT2D eigenvalue weighted by Gasteiger charge is -2.32. The van der Waals surface area contributed by atoms with Gasteiger partial charge in [-0.1, -0.05) is 47.5 Å². The average Bonchev–Trinajstić information content (AvgIpc) is 1.60. The Balaban J connectivity index is 0.000000117. The third-order valence-corrected chi connectivity index (χ3v) is 21.2. The van der Waals surface area contributed by atoms with Crippen LogP contribution in [0.15, 0.2) is 250 Å². The molecule has 12 heterocycles. The highest BCUT2D eigenvalue weighted by Crippen LogP contribution is 2.38. The number of carboxylic acid groups (broad SMARTS) is 2. The first kappa shape index (κ1) is 78.8. The molecule has 118 heavy (non-hydrogen) atoms. The van der Waals surface area contributed by atoms with Crippen molar-refractivity contribution in [2.75, 3.05) is 28.4 Å². The van der Waals surface area contributed by atoms with E-state index in [4.69, 9.17) is 42.7 Å². The van der Waals surface area contributed by atoms with Crippen molar-refractivity contribution in [1.82, 2.24) is 53.5 Å². The molecular weight excluding hydrogens is 1540 g/mol. The summed E-state index contributed by atoms with van der Waals surface area (Å²) in [6.45, 7) is 11.4. The summed E-state index contributed by atoms with van der Waals surface area (Å²) in [7, 11) is 0.989. The maximum absolute atomic E-state index is 11.8. The Morgan fingerprint density at radius 3 is 1.10 bits per heavy atom. The molecule has 0 aliphatic carbocycles. The largest absolute Gasteiger partial charge is 0.494 e. The summed E-state index contributed by atoms with van der Waals surface area (Å²) in [5.41, 5.74) is 20.7. The van der Waals surface area contributed by atoms with E-state index in [0.29, 0.717) is 46.7 Å². The van der Waals surface area contributed by atoms with Crippen LogP contribution in [0.3, 0.4) is 0 Å². The van der Waals surface area contributed by atoms with Gasteiger partial charge < -0.3 is 61.5 Å². The number of Topliss-reactive ketones (excluding diaryl/α,β-unsaturated/α-hetero) is 1. The van der Waals surface area contributed by atoms with Gasteiger partial charge in [-0.05, 0) is 244 Å². The van der Waals surface area contributed by atoms with Gasteiger partial charge in [-0.25, -0.2) is 34.3 Å². The fourth-order valence-electron chi connectivity index (χ4n) is 13.6. The predicted molar refractivity (Wildman–Crippen MR) is 451 cm³/mol. The smallest absolute Gasteiger partial charge is 0.478 e. The molecule has 0 bridgehead atoms. The molecule has 3 amide bonds. The Labute approximate surface area is 684 Å². The van der Waals surface area contributed by atoms with E-state index in [1.807, 2.05) is 158 Å². The molecule has 0 atom stereocenters. The number of amides is 3. The number of aromatic nitrogens is 8. The number of esters is 1. The lowest BCUT2D eigenvalue weighted by molar-refractivity contribution is 0.00578. The summed E-state index contributed by atoms with van der Waals surface area (Å²) in [5, 5.41) is 40.7. The van der Waals surface area contributed by atoms with Crippen LogP contribution in [0, 0.1) is 0 Å². The normalized spacial score (nSPS) is 13.7. The van der Waals surface area contributed by atoms with E-state index in [1.165, 1.54) is 7.11 Å². The summed E-state index contributed by atoms with van der Waals surface area (Å²) < 4.78 is 24.2. The maximum Gasteiger partial charge on any atom is 0.494 e. The van der Waals surface area contributed by atoms with Crippen molar-refractivity contribution in [3.63, 3.8) is 0 Å². The van der Waals surface area contributed by atoms with Crippen LogP contribution >= 0.6 is 23.2 Å². The predicted octanol–water partition coefficient (Wildman–Crippen LogP) is 16.1. The molecule has 4 aliphatic rings. The van der Waals surface area contributed by atoms with Gasteiger partial charge in [0.25, 0.3) is 17.7 Å². The lowest BCUT2D eigenvalue weighted by atomic mass is 9.78. The van der Waals surface area contributed by atoms with Gasteiger partial charge in [0.1, 0.15) is 10.3 Å². The number of carboxylic acids is 2. The Bertz CT molecular complexity index is 6230. The topological polar surface area (TPSA) is 341 Å². The molecule has 30 heteroatoms. The molecule has 0 unspecified atom stereocenters. The van der Waals surface area contributed by atoms with Crippen molar-refractivity contribution in [2.45, 2.75) is 65.5 Å². The van der Waals surface area contributed by atoms with Crippen molar-refractivity contribution in [3.05, 3.63) is 316 Å². The number of hydrogen-bond donors (Lipinski definition) is 9. The summed E-state index contributed by atoms with van der Waals surface area (Å²) >= 11 is 12.1. The Morgan fingerprint density at radius 1 is 0.424 bits per heavy atom. The van der Waals surface area contributed by atoms with Crippen LogP contribution in [0.1, 0.15) is 124 Å². The number of methoxy groups -OCH3 is 1. The van der Waals surface area contributed by atoms with Gasteiger partial charge in [-0.15, -0.1) is 0 Å². The average molecular weight is 1620 g/mol. The molecule has 4 aliphatic heterocycles. The third-order valence-electron chi connectivity index (χ3n) is 20.6. The van der Waals surface area contributed by atoms with Gasteiger partial charge >= 0.3 is 25.0 Å². The summed E-state index contributed by atoms with van der Waals surface area (Å²) in [4.78, 5) is 97.3. The standard InChI is InChI=1S/C23H18N4O2.C22H16N4O3.C15H12ClN3O2.C14H18BNO3.C14H10ClN3O2/c1-14(28)15-2-5-18(6-3-15)26-20-8-9-21(27-11-10-24-22(20)27)16-4-7-19-17(12-16)13-25-23(19)29;27-21-17-6-3-14(11-15(17)12-24-21)19-8-7-18(20-23-9-10-26(19)20)25-16-4-1-13(2-5-16)22(28)29;1-21-15(20)10-2-4-11(5-3-10)18-12-6-7-13(16)19-9-8-17-14(12)19;1-13(2)14(3,4)19-15(18-13)10-5-6-11-9(7-10)8-16-12(11)17;15-12-6-5-11(13-16-7-8-18(12)13)17-10-3-1-9(2-4-10)14(19)20/h2-12,26H,13H2,1H3,(H,25,29);1-11,25H,12H2,(H,24,27)(H,28,29);2-9,18H,1H3;5-7H,8H2,1-4H3,(H,16,17);1-8,17H,(H,19,20). The van der Waals surface area contributed by atoms with E-state index >= 15 is 0 Å². The van der Waals surface area contributed by atoms with Crippen molar-refractivity contribution in [3.8, 4) is 22.5 Å². The van der Waals surface area contributed by atoms with Crippen LogP contribution in [-0.2, 0) is 33.7 Å². The first-order chi connectivity index (χ1) is 56.8. The van der Waals surface area contributed by atoms with Crippen molar-refractivity contribution in [2.24, 2.45) is 0 Å². The van der Waals surface area contributed by atoms with Gasteiger partial charge in [-0.2, -0.15) is 0 Å². The fraction of sp³-hybridized carbons (Fsp3) is 0.125. The van der Waals surface area contributed by atoms with E-state index in [2.05, 4.69) is 68.0 Å². The number of imidazole rings is 4. The number of benzene rings is 7. The fourth-order valence-corrected chi connectivity index (χ4v) is 14.0. The Hall–Kier alpha value is -14.4. The summed E-state index contributed by atoms with van der Waals surface area (Å²) in [6.07, 6.45) is 14.2. The van der Waals surface area contributed by atoms with Crippen molar-refractivity contribution in [1.29, 1.82) is 0 Å². The second-order valence-corrected chi connectivity index (χ2v) is 29.4. The molecule has 9 N–H and O–H groups in total. The second-order valence-electron chi connectivity index (χ2n) is 28.7. The quantitative estimate of drug-likeness (QED) is 0.0199. The summed E-state index contributed by atoms with van der Waals surface area (Å²) in [6, 6.07) is 60.1. The number of ketones is 1. The maximum atomic E-state index is 11.8. The Kier molecular flexibility index (Phi) is 22.2.